The van der Waals surface area contributed by atoms with Crippen LogP contribution in [0.2, 0.25) is 0 Å². The fourth-order valence-corrected chi connectivity index (χ4v) is 3.31. The van der Waals surface area contributed by atoms with E-state index in [2.05, 4.69) is 31.4 Å². The molecule has 0 aromatic carbocycles. The highest BCUT2D eigenvalue weighted by atomic mass is 16.5. The summed E-state index contributed by atoms with van der Waals surface area (Å²) in [4.78, 5) is 30.8. The summed E-state index contributed by atoms with van der Waals surface area (Å²) in [6.45, 7) is 16.9. The third-order valence-electron chi connectivity index (χ3n) is 5.66. The molecule has 0 unspecified atom stereocenters. The zero-order valence-electron chi connectivity index (χ0n) is 24.9. The molecule has 0 heterocycles. The maximum absolute atomic E-state index is 11.2. The van der Waals surface area contributed by atoms with Crippen molar-refractivity contribution in [1.82, 2.24) is 0 Å². The Morgan fingerprint density at radius 1 is 0.605 bits per heavy atom. The van der Waals surface area contributed by atoms with E-state index in [0.717, 1.165) is 25.3 Å². The van der Waals surface area contributed by atoms with Crippen LogP contribution in [0.15, 0.2) is 37.5 Å². The first kappa shape index (κ1) is 40.1. The van der Waals surface area contributed by atoms with Gasteiger partial charge in [0.25, 0.3) is 0 Å². The first-order chi connectivity index (χ1) is 18.3. The molecule has 0 aromatic rings. The number of hydrogen-bond donors (Lipinski definition) is 1. The van der Waals surface area contributed by atoms with E-state index < -0.39 is 5.97 Å². The molecule has 0 saturated carbocycles. The second kappa shape index (κ2) is 34.6. The van der Waals surface area contributed by atoms with Gasteiger partial charge in [0.2, 0.25) is 0 Å². The molecule has 0 aliphatic rings. The maximum atomic E-state index is 11.2. The molecule has 0 aliphatic heterocycles. The summed E-state index contributed by atoms with van der Waals surface area (Å²) in [7, 11) is 0. The quantitative estimate of drug-likeness (QED) is 0.0792. The van der Waals surface area contributed by atoms with Crippen molar-refractivity contribution in [2.45, 2.75) is 136 Å². The lowest BCUT2D eigenvalue weighted by Crippen LogP contribution is -2.05. The molecule has 38 heavy (non-hydrogen) atoms. The summed E-state index contributed by atoms with van der Waals surface area (Å²) in [6, 6.07) is 0. The largest absolute Gasteiger partial charge is 0.478 e. The van der Waals surface area contributed by atoms with Crippen LogP contribution < -0.4 is 0 Å². The summed E-state index contributed by atoms with van der Waals surface area (Å²) in [5.74, 6) is -1.57. The van der Waals surface area contributed by atoms with E-state index in [9.17, 15) is 14.4 Å². The molecular weight excluding hydrogens is 480 g/mol. The van der Waals surface area contributed by atoms with Gasteiger partial charge in [0, 0.05) is 17.7 Å². The van der Waals surface area contributed by atoms with E-state index in [1.165, 1.54) is 102 Å². The van der Waals surface area contributed by atoms with Gasteiger partial charge < -0.3 is 14.6 Å². The van der Waals surface area contributed by atoms with E-state index in [0.29, 0.717) is 18.8 Å². The number of unbranched alkanes of at least 4 members (excludes halogenated alkanes) is 16. The Bertz CT molecular complexity index is 597. The summed E-state index contributed by atoms with van der Waals surface area (Å²) in [5, 5.41) is 7.60. The Morgan fingerprint density at radius 3 is 1.26 bits per heavy atom. The molecule has 6 nitrogen and oxygen atoms in total. The van der Waals surface area contributed by atoms with Crippen LogP contribution in [-0.4, -0.2) is 36.2 Å². The molecule has 0 saturated heterocycles. The number of carbonyl (C=O) groups excluding carboxylic acids is 2. The van der Waals surface area contributed by atoms with Gasteiger partial charge in [-0.1, -0.05) is 136 Å². The van der Waals surface area contributed by atoms with Crippen molar-refractivity contribution in [3.63, 3.8) is 0 Å². The molecule has 0 spiro atoms. The van der Waals surface area contributed by atoms with Gasteiger partial charge in [0.15, 0.2) is 0 Å². The van der Waals surface area contributed by atoms with Gasteiger partial charge in [-0.05, 0) is 19.8 Å². The Morgan fingerprint density at radius 2 is 0.947 bits per heavy atom. The van der Waals surface area contributed by atoms with Crippen molar-refractivity contribution < 1.29 is 29.0 Å². The third-order valence-corrected chi connectivity index (χ3v) is 5.66. The topological polar surface area (TPSA) is 89.9 Å². The molecule has 222 valence electrons. The van der Waals surface area contributed by atoms with Crippen molar-refractivity contribution in [3.8, 4) is 0 Å². The number of carboxylic acid groups (broad SMARTS) is 1. The second-order valence-electron chi connectivity index (χ2n) is 9.49. The molecule has 0 aliphatic carbocycles. The van der Waals surface area contributed by atoms with Crippen molar-refractivity contribution >= 4 is 17.9 Å². The zero-order chi connectivity index (χ0) is 29.3. The highest BCUT2D eigenvalue weighted by Crippen LogP contribution is 2.13. The molecule has 0 aromatic heterocycles. The van der Waals surface area contributed by atoms with E-state index in [-0.39, 0.29) is 11.9 Å². The molecule has 0 fully saturated rings. The molecule has 0 radical (unpaired) electrons. The molecule has 0 atom stereocenters. The monoisotopic (exact) mass is 538 g/mol. The Balaban J connectivity index is -0.000000714. The van der Waals surface area contributed by atoms with Gasteiger partial charge in [-0.25, -0.2) is 14.4 Å². The van der Waals surface area contributed by atoms with E-state index in [1.807, 2.05) is 6.92 Å². The summed E-state index contributed by atoms with van der Waals surface area (Å²) >= 11 is 0. The first-order valence-corrected chi connectivity index (χ1v) is 14.7. The van der Waals surface area contributed by atoms with Crippen LogP contribution in [0.25, 0.3) is 0 Å². The van der Waals surface area contributed by atoms with Gasteiger partial charge in [-0.3, -0.25) is 0 Å². The lowest BCUT2D eigenvalue weighted by atomic mass is 10.0. The minimum atomic E-state index is -0.981. The number of esters is 2. The van der Waals surface area contributed by atoms with Crippen LogP contribution >= 0.6 is 0 Å². The molecule has 1 N–H and O–H groups in total. The predicted molar refractivity (Wildman–Crippen MR) is 159 cm³/mol. The van der Waals surface area contributed by atoms with E-state index in [1.54, 1.807) is 6.92 Å². The van der Waals surface area contributed by atoms with Gasteiger partial charge >= 0.3 is 17.9 Å². The lowest BCUT2D eigenvalue weighted by Gasteiger charge is -2.05. The Hall–Kier alpha value is -2.37. The van der Waals surface area contributed by atoms with Crippen molar-refractivity contribution in [2.24, 2.45) is 0 Å². The van der Waals surface area contributed by atoms with Crippen LogP contribution in [0, 0.1) is 0 Å². The normalized spacial score (nSPS) is 9.66. The third kappa shape index (κ3) is 40.8. The van der Waals surface area contributed by atoms with E-state index in [4.69, 9.17) is 9.84 Å². The first-order valence-electron chi connectivity index (χ1n) is 14.7. The van der Waals surface area contributed by atoms with Crippen molar-refractivity contribution in [1.29, 1.82) is 0 Å². The van der Waals surface area contributed by atoms with Crippen LogP contribution in [0.5, 0.6) is 0 Å². The fourth-order valence-electron chi connectivity index (χ4n) is 3.31. The minimum absolute atomic E-state index is 0.254. The van der Waals surface area contributed by atoms with Gasteiger partial charge in [0.1, 0.15) is 0 Å². The van der Waals surface area contributed by atoms with Crippen LogP contribution in [0.4, 0.5) is 0 Å². The van der Waals surface area contributed by atoms with Crippen LogP contribution in [0.1, 0.15) is 136 Å². The van der Waals surface area contributed by atoms with Crippen LogP contribution in [0.3, 0.4) is 0 Å². The summed E-state index contributed by atoms with van der Waals surface area (Å²) in [6.07, 6.45) is 25.7. The van der Waals surface area contributed by atoms with Gasteiger partial charge in [-0.2, -0.15) is 0 Å². The van der Waals surface area contributed by atoms with Crippen molar-refractivity contribution in [3.05, 3.63) is 37.5 Å². The molecule has 6 heteroatoms. The average molecular weight is 539 g/mol. The average Bonchev–Trinajstić information content (AvgIpc) is 2.90. The summed E-state index contributed by atoms with van der Waals surface area (Å²) in [5.41, 5.74) is 0.492. The SMILES string of the molecule is C=C(C)C(=O)OCCCCCCCCCCCCCCCCCC.C=CC(=O)O.C=CC(=O)OCCCC. The smallest absolute Gasteiger partial charge is 0.333 e. The highest BCUT2D eigenvalue weighted by Gasteiger charge is 2.01. The second-order valence-corrected chi connectivity index (χ2v) is 9.49. The zero-order valence-corrected chi connectivity index (χ0v) is 24.9. The lowest BCUT2D eigenvalue weighted by molar-refractivity contribution is -0.139. The number of hydrogen-bond acceptors (Lipinski definition) is 5. The Labute approximate surface area is 234 Å². The number of ether oxygens (including phenoxy) is 2. The number of carboxylic acids is 1. The van der Waals surface area contributed by atoms with Gasteiger partial charge in [0.05, 0.1) is 13.2 Å². The van der Waals surface area contributed by atoms with Gasteiger partial charge in [-0.15, -0.1) is 0 Å². The van der Waals surface area contributed by atoms with Crippen LogP contribution in [-0.2, 0) is 23.9 Å². The minimum Gasteiger partial charge on any atom is -0.478 e. The molecule has 0 rings (SSSR count). The fraction of sp³-hybridized carbons (Fsp3) is 0.719. The number of carbonyl (C=O) groups is 3. The Kier molecular flexibility index (Phi) is 36.6. The maximum Gasteiger partial charge on any atom is 0.333 e. The molecular formula is C32H58O6. The van der Waals surface area contributed by atoms with E-state index >= 15 is 0 Å². The number of aliphatic carboxylic acids is 1. The standard InChI is InChI=1S/C22H42O2.C7H12O2.C3H4O2/c1-4-5-6-7-8-9-10-11-12-13-14-15-16-17-18-19-20-24-22(23)21(2)3;1-3-5-6-9-7(8)4-2;1-2-3(4)5/h2,4-20H2,1,3H3;4H,2-3,5-6H2,1H3;2H,1H2,(H,4,5). The highest BCUT2D eigenvalue weighted by molar-refractivity contribution is 5.86. The number of rotatable bonds is 23. The predicted octanol–water partition coefficient (Wildman–Crippen LogP) is 9.14. The molecule has 0 bridgehead atoms. The van der Waals surface area contributed by atoms with Crippen molar-refractivity contribution in [2.75, 3.05) is 13.2 Å². The molecule has 0 amide bonds. The summed E-state index contributed by atoms with van der Waals surface area (Å²) < 4.78 is 9.76.